The van der Waals surface area contributed by atoms with E-state index in [9.17, 15) is 14.4 Å². The highest BCUT2D eigenvalue weighted by molar-refractivity contribution is 5.87. The minimum Gasteiger partial charge on any atom is -0.478 e. The van der Waals surface area contributed by atoms with E-state index in [0.717, 1.165) is 10.6 Å². The van der Waals surface area contributed by atoms with Crippen LogP contribution in [0.5, 0.6) is 0 Å². The summed E-state index contributed by atoms with van der Waals surface area (Å²) in [6.45, 7) is 1.99. The molecule has 0 spiro atoms. The molecular weight excluding hydrogens is 252 g/mol. The van der Waals surface area contributed by atoms with Crippen LogP contribution >= 0.6 is 0 Å². The Hall–Kier alpha value is -2.15. The topological polar surface area (TPSA) is 97.6 Å². The first-order chi connectivity index (χ1) is 8.93. The number of ether oxygens (including phenoxy) is 1. The van der Waals surface area contributed by atoms with Crippen LogP contribution in [0.4, 0.5) is 0 Å². The van der Waals surface area contributed by atoms with Crippen LogP contribution in [0.25, 0.3) is 0 Å². The second-order valence-corrected chi connectivity index (χ2v) is 4.11. The van der Waals surface area contributed by atoms with Gasteiger partial charge in [0.05, 0.1) is 12.2 Å². The Balaban J connectivity index is 2.70. The molecule has 1 amide bonds. The van der Waals surface area contributed by atoms with Gasteiger partial charge in [0.2, 0.25) is 5.91 Å². The van der Waals surface area contributed by atoms with Crippen LogP contribution in [0.15, 0.2) is 23.1 Å². The normalized spacial score (nSPS) is 11.9. The first kappa shape index (κ1) is 14.9. The molecule has 104 valence electrons. The fourth-order valence-corrected chi connectivity index (χ4v) is 1.54. The zero-order chi connectivity index (χ0) is 14.4. The highest BCUT2D eigenvalue weighted by atomic mass is 16.5. The van der Waals surface area contributed by atoms with Gasteiger partial charge in [-0.05, 0) is 13.0 Å². The molecule has 1 aromatic heterocycles. The summed E-state index contributed by atoms with van der Waals surface area (Å²) in [5.74, 6) is -1.52. The predicted octanol–water partition coefficient (Wildman–Crippen LogP) is -0.302. The molecule has 0 radical (unpaired) electrons. The Morgan fingerprint density at radius 2 is 2.21 bits per heavy atom. The molecule has 1 heterocycles. The van der Waals surface area contributed by atoms with Crippen LogP contribution in [0.3, 0.4) is 0 Å². The minimum absolute atomic E-state index is 0.102. The van der Waals surface area contributed by atoms with Gasteiger partial charge in [0.1, 0.15) is 6.54 Å². The smallest absolute Gasteiger partial charge is 0.335 e. The number of carbonyl (C=O) groups excluding carboxylic acids is 1. The number of methoxy groups -OCH3 is 1. The maximum atomic E-state index is 11.6. The molecule has 0 aliphatic rings. The number of rotatable bonds is 6. The summed E-state index contributed by atoms with van der Waals surface area (Å²) < 4.78 is 6.01. The number of nitrogens with one attached hydrogen (secondary N) is 1. The average Bonchev–Trinajstić information content (AvgIpc) is 2.31. The monoisotopic (exact) mass is 268 g/mol. The van der Waals surface area contributed by atoms with Gasteiger partial charge in [0, 0.05) is 25.4 Å². The van der Waals surface area contributed by atoms with E-state index in [4.69, 9.17) is 9.84 Å². The predicted molar refractivity (Wildman–Crippen MR) is 67.1 cm³/mol. The van der Waals surface area contributed by atoms with E-state index in [1.54, 1.807) is 6.92 Å². The molecule has 1 atom stereocenters. The third-order valence-corrected chi connectivity index (χ3v) is 2.38. The van der Waals surface area contributed by atoms with E-state index in [1.165, 1.54) is 19.4 Å². The van der Waals surface area contributed by atoms with Gasteiger partial charge in [-0.2, -0.15) is 0 Å². The molecule has 0 bridgehead atoms. The SMILES string of the molecule is COCC(C)NC(=O)Cn1ccc(C(=O)O)cc1=O. The Bertz CT molecular complexity index is 523. The Morgan fingerprint density at radius 1 is 1.53 bits per heavy atom. The first-order valence-corrected chi connectivity index (χ1v) is 5.66. The van der Waals surface area contributed by atoms with Crippen molar-refractivity contribution < 1.29 is 19.4 Å². The summed E-state index contributed by atoms with van der Waals surface area (Å²) in [5, 5.41) is 11.4. The Morgan fingerprint density at radius 3 is 2.74 bits per heavy atom. The lowest BCUT2D eigenvalue weighted by Crippen LogP contribution is -2.39. The molecular formula is C12H16N2O5. The number of aromatic nitrogens is 1. The molecule has 1 rings (SSSR count). The number of pyridine rings is 1. The fourth-order valence-electron chi connectivity index (χ4n) is 1.54. The molecule has 0 aliphatic heterocycles. The fraction of sp³-hybridized carbons (Fsp3) is 0.417. The molecule has 0 fully saturated rings. The van der Waals surface area contributed by atoms with Gasteiger partial charge in [-0.3, -0.25) is 9.59 Å². The van der Waals surface area contributed by atoms with Gasteiger partial charge in [-0.1, -0.05) is 0 Å². The van der Waals surface area contributed by atoms with Gasteiger partial charge >= 0.3 is 5.97 Å². The van der Waals surface area contributed by atoms with E-state index in [0.29, 0.717) is 6.61 Å². The van der Waals surface area contributed by atoms with Crippen molar-refractivity contribution in [3.63, 3.8) is 0 Å². The quantitative estimate of drug-likeness (QED) is 0.738. The van der Waals surface area contributed by atoms with Crippen LogP contribution in [-0.4, -0.2) is 41.3 Å². The van der Waals surface area contributed by atoms with Crippen molar-refractivity contribution in [1.29, 1.82) is 0 Å². The summed E-state index contributed by atoms with van der Waals surface area (Å²) in [6.07, 6.45) is 1.28. The van der Waals surface area contributed by atoms with Gasteiger partial charge in [-0.15, -0.1) is 0 Å². The van der Waals surface area contributed by atoms with Gasteiger partial charge in [0.15, 0.2) is 0 Å². The highest BCUT2D eigenvalue weighted by Gasteiger charge is 2.10. The van der Waals surface area contributed by atoms with Crippen molar-refractivity contribution in [2.75, 3.05) is 13.7 Å². The van der Waals surface area contributed by atoms with Crippen molar-refractivity contribution in [1.82, 2.24) is 9.88 Å². The summed E-state index contributed by atoms with van der Waals surface area (Å²) in [4.78, 5) is 33.9. The molecule has 0 aromatic carbocycles. The molecule has 1 unspecified atom stereocenters. The Labute approximate surface area is 109 Å². The molecule has 2 N–H and O–H groups in total. The number of carbonyl (C=O) groups is 2. The van der Waals surface area contributed by atoms with Crippen LogP contribution in [0.1, 0.15) is 17.3 Å². The standard InChI is InChI=1S/C12H16N2O5/c1-8(7-19-2)13-10(15)6-14-4-3-9(12(17)18)5-11(14)16/h3-5,8H,6-7H2,1-2H3,(H,13,15)(H,17,18). The molecule has 7 heteroatoms. The van der Waals surface area contributed by atoms with Gasteiger partial charge < -0.3 is 19.7 Å². The van der Waals surface area contributed by atoms with Crippen LogP contribution in [0.2, 0.25) is 0 Å². The Kier molecular flexibility index (Phi) is 5.25. The van der Waals surface area contributed by atoms with E-state index in [2.05, 4.69) is 5.32 Å². The van der Waals surface area contributed by atoms with Crippen molar-refractivity contribution in [3.8, 4) is 0 Å². The summed E-state index contributed by atoms with van der Waals surface area (Å²) in [7, 11) is 1.53. The van der Waals surface area contributed by atoms with E-state index < -0.39 is 11.5 Å². The van der Waals surface area contributed by atoms with Crippen molar-refractivity contribution in [2.24, 2.45) is 0 Å². The molecule has 0 saturated carbocycles. The zero-order valence-electron chi connectivity index (χ0n) is 10.8. The van der Waals surface area contributed by atoms with E-state index in [1.807, 2.05) is 0 Å². The van der Waals surface area contributed by atoms with Crippen molar-refractivity contribution in [3.05, 3.63) is 34.2 Å². The van der Waals surface area contributed by atoms with Crippen LogP contribution < -0.4 is 10.9 Å². The second kappa shape index (κ2) is 6.69. The van der Waals surface area contributed by atoms with Gasteiger partial charge in [-0.25, -0.2) is 4.79 Å². The van der Waals surface area contributed by atoms with Crippen LogP contribution in [-0.2, 0) is 16.1 Å². The maximum Gasteiger partial charge on any atom is 0.335 e. The number of carboxylic acid groups (broad SMARTS) is 1. The molecule has 0 aliphatic carbocycles. The highest BCUT2D eigenvalue weighted by Crippen LogP contribution is 1.94. The zero-order valence-corrected chi connectivity index (χ0v) is 10.8. The average molecular weight is 268 g/mol. The number of nitrogens with zero attached hydrogens (tertiary/aromatic N) is 1. The van der Waals surface area contributed by atoms with Crippen molar-refractivity contribution >= 4 is 11.9 Å². The lowest BCUT2D eigenvalue weighted by Gasteiger charge is -2.13. The van der Waals surface area contributed by atoms with Crippen LogP contribution in [0, 0.1) is 0 Å². The number of amides is 1. The maximum absolute atomic E-state index is 11.6. The number of hydrogen-bond acceptors (Lipinski definition) is 4. The summed E-state index contributed by atoms with van der Waals surface area (Å²) in [5.41, 5.74) is -0.635. The van der Waals surface area contributed by atoms with Crippen molar-refractivity contribution in [2.45, 2.75) is 19.5 Å². The largest absolute Gasteiger partial charge is 0.478 e. The summed E-state index contributed by atoms with van der Waals surface area (Å²) >= 11 is 0. The number of carboxylic acids is 1. The number of aromatic carboxylic acids is 1. The third kappa shape index (κ3) is 4.55. The molecule has 1 aromatic rings. The number of hydrogen-bond donors (Lipinski definition) is 2. The minimum atomic E-state index is -1.18. The third-order valence-electron chi connectivity index (χ3n) is 2.38. The lowest BCUT2D eigenvalue weighted by atomic mass is 10.2. The summed E-state index contributed by atoms with van der Waals surface area (Å²) in [6, 6.07) is 2.09. The first-order valence-electron chi connectivity index (χ1n) is 5.66. The molecule has 7 nitrogen and oxygen atoms in total. The molecule has 19 heavy (non-hydrogen) atoms. The second-order valence-electron chi connectivity index (χ2n) is 4.11. The molecule has 0 saturated heterocycles. The van der Waals surface area contributed by atoms with E-state index >= 15 is 0 Å². The lowest BCUT2D eigenvalue weighted by molar-refractivity contribution is -0.122. The van der Waals surface area contributed by atoms with E-state index in [-0.39, 0.29) is 24.1 Å². The van der Waals surface area contributed by atoms with Gasteiger partial charge in [0.25, 0.3) is 5.56 Å².